The third kappa shape index (κ3) is 3.09. The van der Waals surface area contributed by atoms with E-state index in [4.69, 9.17) is 0 Å². The molecule has 0 aromatic carbocycles. The van der Waals surface area contributed by atoms with Gasteiger partial charge in [-0.2, -0.15) is 0 Å². The molecule has 2 N–H and O–H groups in total. The van der Waals surface area contributed by atoms with Crippen molar-refractivity contribution in [2.45, 2.75) is 38.5 Å². The number of nitrogens with one attached hydrogen (secondary N) is 1. The molecular formula is C9H20N2O. The largest absolute Gasteiger partial charge is 0.392 e. The minimum atomic E-state index is -0.153. The fraction of sp³-hybridized carbons (Fsp3) is 1.00. The molecule has 2 unspecified atom stereocenters. The van der Waals surface area contributed by atoms with Gasteiger partial charge in [-0.3, -0.25) is 0 Å². The van der Waals surface area contributed by atoms with E-state index in [2.05, 4.69) is 31.1 Å². The lowest BCUT2D eigenvalue weighted by Crippen LogP contribution is -2.51. The topological polar surface area (TPSA) is 35.5 Å². The first-order valence-corrected chi connectivity index (χ1v) is 4.70. The van der Waals surface area contributed by atoms with Crippen LogP contribution in [-0.4, -0.2) is 48.3 Å². The fourth-order valence-corrected chi connectivity index (χ4v) is 1.88. The van der Waals surface area contributed by atoms with E-state index >= 15 is 0 Å². The van der Waals surface area contributed by atoms with Gasteiger partial charge in [0, 0.05) is 25.2 Å². The molecule has 1 heterocycles. The third-order valence-corrected chi connectivity index (χ3v) is 2.18. The van der Waals surface area contributed by atoms with Gasteiger partial charge in [-0.05, 0) is 13.5 Å². The lowest BCUT2D eigenvalue weighted by Gasteiger charge is -2.34. The van der Waals surface area contributed by atoms with Crippen LogP contribution in [0.2, 0.25) is 0 Å². The molecule has 1 aliphatic rings. The third-order valence-electron chi connectivity index (χ3n) is 2.18. The Morgan fingerprint density at radius 3 is 2.58 bits per heavy atom. The van der Waals surface area contributed by atoms with Gasteiger partial charge in [-0.15, -0.1) is 0 Å². The molecular weight excluding hydrogens is 152 g/mol. The Bertz CT molecular complexity index is 126. The van der Waals surface area contributed by atoms with Gasteiger partial charge in [0.1, 0.15) is 0 Å². The number of nitrogens with zero attached hydrogens (tertiary/aromatic N) is 1. The highest BCUT2D eigenvalue weighted by Gasteiger charge is 2.23. The van der Waals surface area contributed by atoms with Gasteiger partial charge in [-0.25, -0.2) is 0 Å². The summed E-state index contributed by atoms with van der Waals surface area (Å²) in [6, 6.07) is 0.965. The Labute approximate surface area is 74.8 Å². The standard InChI is InChI=1S/C9H20N2O/c1-7(2)10-8-4-9(12)6-11(3)5-8/h7-10,12H,4-6H2,1-3H3. The van der Waals surface area contributed by atoms with Gasteiger partial charge in [0.25, 0.3) is 0 Å². The average molecular weight is 172 g/mol. The van der Waals surface area contributed by atoms with Crippen LogP contribution in [0.1, 0.15) is 20.3 Å². The smallest absolute Gasteiger partial charge is 0.0682 e. The molecule has 0 aliphatic carbocycles. The van der Waals surface area contributed by atoms with Gasteiger partial charge in [0.15, 0.2) is 0 Å². The first kappa shape index (κ1) is 9.96. The number of likely N-dealkylation sites (tertiary alicyclic amines) is 1. The van der Waals surface area contributed by atoms with Crippen molar-refractivity contribution in [1.82, 2.24) is 10.2 Å². The number of likely N-dealkylation sites (N-methyl/N-ethyl adjacent to an activating group) is 1. The minimum absolute atomic E-state index is 0.153. The van der Waals surface area contributed by atoms with Crippen molar-refractivity contribution < 1.29 is 5.11 Å². The Hall–Kier alpha value is -0.120. The second kappa shape index (κ2) is 4.21. The first-order chi connectivity index (χ1) is 5.58. The van der Waals surface area contributed by atoms with E-state index < -0.39 is 0 Å². The van der Waals surface area contributed by atoms with Crippen molar-refractivity contribution in [3.05, 3.63) is 0 Å². The van der Waals surface area contributed by atoms with E-state index in [1.165, 1.54) is 0 Å². The maximum absolute atomic E-state index is 9.48. The van der Waals surface area contributed by atoms with Crippen LogP contribution in [0.3, 0.4) is 0 Å². The maximum Gasteiger partial charge on any atom is 0.0682 e. The number of aliphatic hydroxyl groups is 1. The molecule has 0 aromatic heterocycles. The van der Waals surface area contributed by atoms with Crippen LogP contribution in [0.4, 0.5) is 0 Å². The van der Waals surface area contributed by atoms with Crippen LogP contribution in [0.15, 0.2) is 0 Å². The van der Waals surface area contributed by atoms with Crippen LogP contribution in [0.25, 0.3) is 0 Å². The number of rotatable bonds is 2. The lowest BCUT2D eigenvalue weighted by atomic mass is 10.0. The second-order valence-electron chi connectivity index (χ2n) is 4.13. The van der Waals surface area contributed by atoms with Crippen molar-refractivity contribution in [3.63, 3.8) is 0 Å². The molecule has 1 aliphatic heterocycles. The molecule has 0 amide bonds. The van der Waals surface area contributed by atoms with Crippen LogP contribution >= 0.6 is 0 Å². The monoisotopic (exact) mass is 172 g/mol. The van der Waals surface area contributed by atoms with E-state index in [9.17, 15) is 5.11 Å². The SMILES string of the molecule is CC(C)NC1CC(O)CN(C)C1. The molecule has 1 rings (SSSR count). The van der Waals surface area contributed by atoms with Gasteiger partial charge >= 0.3 is 0 Å². The Morgan fingerprint density at radius 2 is 2.08 bits per heavy atom. The van der Waals surface area contributed by atoms with Crippen molar-refractivity contribution >= 4 is 0 Å². The van der Waals surface area contributed by atoms with E-state index in [0.29, 0.717) is 12.1 Å². The highest BCUT2D eigenvalue weighted by atomic mass is 16.3. The van der Waals surface area contributed by atoms with Crippen LogP contribution in [0, 0.1) is 0 Å². The predicted molar refractivity (Wildman–Crippen MR) is 50.2 cm³/mol. The summed E-state index contributed by atoms with van der Waals surface area (Å²) in [4.78, 5) is 2.17. The molecule has 0 radical (unpaired) electrons. The number of hydrogen-bond donors (Lipinski definition) is 2. The summed E-state index contributed by atoms with van der Waals surface area (Å²) in [5, 5.41) is 12.9. The summed E-state index contributed by atoms with van der Waals surface area (Å²) in [7, 11) is 2.05. The maximum atomic E-state index is 9.48. The van der Waals surface area contributed by atoms with Crippen molar-refractivity contribution in [1.29, 1.82) is 0 Å². The first-order valence-electron chi connectivity index (χ1n) is 4.70. The molecule has 1 fully saturated rings. The zero-order valence-corrected chi connectivity index (χ0v) is 8.25. The molecule has 12 heavy (non-hydrogen) atoms. The summed E-state index contributed by atoms with van der Waals surface area (Å²) in [6.07, 6.45) is 0.739. The lowest BCUT2D eigenvalue weighted by molar-refractivity contribution is 0.0632. The zero-order chi connectivity index (χ0) is 9.14. The normalized spacial score (nSPS) is 32.8. The predicted octanol–water partition coefficient (Wildman–Crippen LogP) is 0.0494. The Morgan fingerprint density at radius 1 is 1.42 bits per heavy atom. The van der Waals surface area contributed by atoms with E-state index in [-0.39, 0.29) is 6.10 Å². The summed E-state index contributed by atoms with van der Waals surface area (Å²) in [5.41, 5.74) is 0. The molecule has 3 nitrogen and oxygen atoms in total. The Kier molecular flexibility index (Phi) is 3.50. The van der Waals surface area contributed by atoms with E-state index in [0.717, 1.165) is 19.5 Å². The molecule has 1 saturated heterocycles. The molecule has 3 heteroatoms. The number of aliphatic hydroxyl groups excluding tert-OH is 1. The number of β-amino-alcohol motifs (C(OH)–C–C–N with tert-alkyl or cyclic N) is 1. The Balaban J connectivity index is 2.34. The van der Waals surface area contributed by atoms with Crippen LogP contribution in [-0.2, 0) is 0 Å². The van der Waals surface area contributed by atoms with E-state index in [1.807, 2.05) is 0 Å². The van der Waals surface area contributed by atoms with Crippen molar-refractivity contribution in [3.8, 4) is 0 Å². The molecule has 0 aromatic rings. The van der Waals surface area contributed by atoms with Gasteiger partial charge < -0.3 is 15.3 Å². The number of piperidine rings is 1. The van der Waals surface area contributed by atoms with Gasteiger partial charge in [0.2, 0.25) is 0 Å². The summed E-state index contributed by atoms with van der Waals surface area (Å²) in [6.45, 7) is 6.15. The molecule has 72 valence electrons. The summed E-state index contributed by atoms with van der Waals surface area (Å²) < 4.78 is 0. The van der Waals surface area contributed by atoms with E-state index in [1.54, 1.807) is 0 Å². The van der Waals surface area contributed by atoms with Gasteiger partial charge in [-0.1, -0.05) is 13.8 Å². The quantitative estimate of drug-likeness (QED) is 0.618. The zero-order valence-electron chi connectivity index (χ0n) is 8.25. The molecule has 0 spiro atoms. The second-order valence-corrected chi connectivity index (χ2v) is 4.13. The molecule has 0 bridgehead atoms. The fourth-order valence-electron chi connectivity index (χ4n) is 1.88. The van der Waals surface area contributed by atoms with Crippen molar-refractivity contribution in [2.75, 3.05) is 20.1 Å². The highest BCUT2D eigenvalue weighted by molar-refractivity contribution is 4.82. The minimum Gasteiger partial charge on any atom is -0.392 e. The molecule has 2 atom stereocenters. The number of hydrogen-bond acceptors (Lipinski definition) is 3. The van der Waals surface area contributed by atoms with Crippen LogP contribution < -0.4 is 5.32 Å². The average Bonchev–Trinajstić information content (AvgIpc) is 1.81. The van der Waals surface area contributed by atoms with Gasteiger partial charge in [0.05, 0.1) is 6.10 Å². The highest BCUT2D eigenvalue weighted by Crippen LogP contribution is 2.09. The summed E-state index contributed by atoms with van der Waals surface area (Å²) in [5.74, 6) is 0. The van der Waals surface area contributed by atoms with Crippen molar-refractivity contribution in [2.24, 2.45) is 0 Å². The molecule has 0 saturated carbocycles. The summed E-state index contributed by atoms with van der Waals surface area (Å²) >= 11 is 0. The van der Waals surface area contributed by atoms with Crippen LogP contribution in [0.5, 0.6) is 0 Å².